The fourth-order valence-corrected chi connectivity index (χ4v) is 2.43. The summed E-state index contributed by atoms with van der Waals surface area (Å²) in [7, 11) is 1.69. The third-order valence-corrected chi connectivity index (χ3v) is 3.40. The Balaban J connectivity index is 2.71. The highest BCUT2D eigenvalue weighted by atomic mass is 79.9. The molecule has 4 heteroatoms. The first-order valence-corrected chi connectivity index (χ1v) is 6.94. The van der Waals surface area contributed by atoms with E-state index in [0.717, 1.165) is 28.8 Å². The minimum absolute atomic E-state index is 0.0368. The number of hydrogen-bond donors (Lipinski definition) is 1. The van der Waals surface area contributed by atoms with Gasteiger partial charge in [-0.25, -0.2) is 0 Å². The number of halogens is 2. The van der Waals surface area contributed by atoms with Crippen molar-refractivity contribution in [2.75, 3.05) is 13.0 Å². The number of methoxy groups -OCH3 is 1. The summed E-state index contributed by atoms with van der Waals surface area (Å²) in [4.78, 5) is 0. The van der Waals surface area contributed by atoms with E-state index in [1.807, 2.05) is 12.1 Å². The van der Waals surface area contributed by atoms with Crippen molar-refractivity contribution < 1.29 is 4.74 Å². The first-order valence-electron chi connectivity index (χ1n) is 5.62. The summed E-state index contributed by atoms with van der Waals surface area (Å²) in [6.45, 7) is 5.08. The van der Waals surface area contributed by atoms with Crippen LogP contribution in [0, 0.1) is 0 Å². The van der Waals surface area contributed by atoms with Crippen molar-refractivity contribution in [2.45, 2.75) is 32.4 Å². The van der Waals surface area contributed by atoms with Crippen LogP contribution in [0.1, 0.15) is 25.8 Å². The lowest BCUT2D eigenvalue weighted by atomic mass is 10.0. The molecule has 0 saturated carbocycles. The van der Waals surface area contributed by atoms with Crippen molar-refractivity contribution in [2.24, 2.45) is 0 Å². The van der Waals surface area contributed by atoms with Crippen LogP contribution in [0.25, 0.3) is 0 Å². The molecule has 0 aliphatic rings. The van der Waals surface area contributed by atoms with E-state index in [-0.39, 0.29) is 5.54 Å². The lowest BCUT2D eigenvalue weighted by Crippen LogP contribution is -2.39. The van der Waals surface area contributed by atoms with Crippen LogP contribution in [0.4, 0.5) is 0 Å². The molecule has 96 valence electrons. The maximum Gasteiger partial charge on any atom is 0.123 e. The van der Waals surface area contributed by atoms with Gasteiger partial charge in [-0.3, -0.25) is 0 Å². The van der Waals surface area contributed by atoms with Gasteiger partial charge in [0.1, 0.15) is 5.75 Å². The number of hydrogen-bond acceptors (Lipinski definition) is 2. The average molecular weight is 321 g/mol. The van der Waals surface area contributed by atoms with Gasteiger partial charge in [-0.05, 0) is 38.5 Å². The van der Waals surface area contributed by atoms with Crippen LogP contribution in [0.15, 0.2) is 22.7 Å². The van der Waals surface area contributed by atoms with E-state index in [0.29, 0.717) is 5.88 Å². The van der Waals surface area contributed by atoms with Crippen LogP contribution >= 0.6 is 27.5 Å². The van der Waals surface area contributed by atoms with Gasteiger partial charge in [0, 0.05) is 28.0 Å². The summed E-state index contributed by atoms with van der Waals surface area (Å²) in [5.74, 6) is 1.57. The fourth-order valence-electron chi connectivity index (χ4n) is 1.54. The van der Waals surface area contributed by atoms with Crippen molar-refractivity contribution in [1.82, 2.24) is 5.32 Å². The molecule has 1 aromatic carbocycles. The molecule has 1 rings (SSSR count). The van der Waals surface area contributed by atoms with Crippen molar-refractivity contribution in [3.63, 3.8) is 0 Å². The molecule has 0 radical (unpaired) electrons. The van der Waals surface area contributed by atoms with Gasteiger partial charge < -0.3 is 10.1 Å². The topological polar surface area (TPSA) is 21.3 Å². The highest BCUT2D eigenvalue weighted by Crippen LogP contribution is 2.23. The highest BCUT2D eigenvalue weighted by molar-refractivity contribution is 9.10. The van der Waals surface area contributed by atoms with Crippen LogP contribution in [0.5, 0.6) is 5.75 Å². The molecule has 0 bridgehead atoms. The molecule has 0 aromatic heterocycles. The average Bonchev–Trinajstić information content (AvgIpc) is 2.27. The van der Waals surface area contributed by atoms with Gasteiger partial charge in [-0.15, -0.1) is 11.6 Å². The monoisotopic (exact) mass is 319 g/mol. The van der Waals surface area contributed by atoms with E-state index >= 15 is 0 Å². The molecule has 1 N–H and O–H groups in total. The van der Waals surface area contributed by atoms with Gasteiger partial charge in [0.25, 0.3) is 0 Å². The number of ether oxygens (including phenoxy) is 1. The second-order valence-electron chi connectivity index (χ2n) is 4.63. The Morgan fingerprint density at radius 3 is 2.71 bits per heavy atom. The van der Waals surface area contributed by atoms with Gasteiger partial charge in [-0.2, -0.15) is 0 Å². The number of rotatable bonds is 6. The van der Waals surface area contributed by atoms with E-state index in [9.17, 15) is 0 Å². The minimum Gasteiger partial charge on any atom is -0.496 e. The van der Waals surface area contributed by atoms with Crippen molar-refractivity contribution in [3.05, 3.63) is 28.2 Å². The molecule has 0 fully saturated rings. The Hall–Kier alpha value is -0.250. The van der Waals surface area contributed by atoms with Crippen LogP contribution in [0.2, 0.25) is 0 Å². The smallest absolute Gasteiger partial charge is 0.123 e. The molecule has 17 heavy (non-hydrogen) atoms. The molecule has 0 heterocycles. The minimum atomic E-state index is 0.0368. The third kappa shape index (κ3) is 4.86. The second-order valence-corrected chi connectivity index (χ2v) is 5.93. The van der Waals surface area contributed by atoms with Gasteiger partial charge in [-0.1, -0.05) is 15.9 Å². The molecular weight excluding hydrogens is 302 g/mol. The molecular formula is C13H19BrClNO. The molecule has 0 amide bonds. The Bertz CT molecular complexity index is 368. The fraction of sp³-hybridized carbons (Fsp3) is 0.538. The van der Waals surface area contributed by atoms with Crippen LogP contribution in [-0.2, 0) is 6.54 Å². The molecule has 0 spiro atoms. The second kappa shape index (κ2) is 6.62. The van der Waals surface area contributed by atoms with Crippen LogP contribution in [0.3, 0.4) is 0 Å². The van der Waals surface area contributed by atoms with Gasteiger partial charge in [0.05, 0.1) is 7.11 Å². The van der Waals surface area contributed by atoms with Crippen LogP contribution in [-0.4, -0.2) is 18.5 Å². The molecule has 1 aromatic rings. The van der Waals surface area contributed by atoms with E-state index in [1.54, 1.807) is 7.11 Å². The predicted molar refractivity (Wildman–Crippen MR) is 76.9 cm³/mol. The molecule has 0 atom stereocenters. The number of alkyl halides is 1. The first kappa shape index (κ1) is 14.8. The zero-order valence-electron chi connectivity index (χ0n) is 10.5. The molecule has 0 aliphatic carbocycles. The quantitative estimate of drug-likeness (QED) is 0.801. The van der Waals surface area contributed by atoms with E-state index in [4.69, 9.17) is 16.3 Å². The van der Waals surface area contributed by atoms with Gasteiger partial charge in [0.15, 0.2) is 0 Å². The Morgan fingerprint density at radius 2 is 2.12 bits per heavy atom. The Morgan fingerprint density at radius 1 is 1.41 bits per heavy atom. The largest absolute Gasteiger partial charge is 0.496 e. The zero-order chi connectivity index (χ0) is 12.9. The lowest BCUT2D eigenvalue weighted by Gasteiger charge is -2.26. The van der Waals surface area contributed by atoms with E-state index in [2.05, 4.69) is 41.2 Å². The highest BCUT2D eigenvalue weighted by Gasteiger charge is 2.16. The number of nitrogens with one attached hydrogen (secondary N) is 1. The summed E-state index contributed by atoms with van der Waals surface area (Å²) >= 11 is 9.25. The summed E-state index contributed by atoms with van der Waals surface area (Å²) < 4.78 is 6.40. The Labute approximate surface area is 117 Å². The first-order chi connectivity index (χ1) is 7.98. The molecule has 0 aliphatic heterocycles. The van der Waals surface area contributed by atoms with Crippen molar-refractivity contribution in [1.29, 1.82) is 0 Å². The summed E-state index contributed by atoms with van der Waals surface area (Å²) in [6, 6.07) is 6.02. The SMILES string of the molecule is COc1ccc(Br)cc1CNC(C)(C)CCCl. The van der Waals surface area contributed by atoms with Gasteiger partial charge >= 0.3 is 0 Å². The molecule has 2 nitrogen and oxygen atoms in total. The third-order valence-electron chi connectivity index (χ3n) is 2.72. The summed E-state index contributed by atoms with van der Waals surface area (Å²) in [5.41, 5.74) is 1.18. The lowest BCUT2D eigenvalue weighted by molar-refractivity contribution is 0.365. The zero-order valence-corrected chi connectivity index (χ0v) is 12.9. The molecule has 0 unspecified atom stereocenters. The van der Waals surface area contributed by atoms with Crippen LogP contribution < -0.4 is 10.1 Å². The maximum atomic E-state index is 5.78. The van der Waals surface area contributed by atoms with Crippen molar-refractivity contribution in [3.8, 4) is 5.75 Å². The van der Waals surface area contributed by atoms with Crippen molar-refractivity contribution >= 4 is 27.5 Å². The number of benzene rings is 1. The Kier molecular flexibility index (Phi) is 5.77. The predicted octanol–water partition coefficient (Wildman–Crippen LogP) is 3.95. The summed E-state index contributed by atoms with van der Waals surface area (Å²) in [6.07, 6.45) is 0.935. The van der Waals surface area contributed by atoms with E-state index < -0.39 is 0 Å². The molecule has 0 saturated heterocycles. The maximum absolute atomic E-state index is 5.78. The van der Waals surface area contributed by atoms with E-state index in [1.165, 1.54) is 0 Å². The summed E-state index contributed by atoms with van der Waals surface area (Å²) in [5, 5.41) is 3.49. The normalized spacial score (nSPS) is 11.6. The van der Waals surface area contributed by atoms with Gasteiger partial charge in [0.2, 0.25) is 0 Å². The standard InChI is InChI=1S/C13H19BrClNO/c1-13(2,6-7-15)16-9-10-8-11(14)4-5-12(10)17-3/h4-5,8,16H,6-7,9H2,1-3H3.